The van der Waals surface area contributed by atoms with Crippen molar-refractivity contribution in [3.05, 3.63) is 80.5 Å². The Morgan fingerprint density at radius 2 is 1.82 bits per heavy atom. The summed E-state index contributed by atoms with van der Waals surface area (Å²) in [4.78, 5) is 34.1. The van der Waals surface area contributed by atoms with Crippen LogP contribution in [-0.4, -0.2) is 41.3 Å². The average Bonchev–Trinajstić information content (AvgIpc) is 3.33. The fraction of sp³-hybridized carbons (Fsp3) is 0.320. The number of carbonyl (C=O) groups is 2. The summed E-state index contributed by atoms with van der Waals surface area (Å²) in [7, 11) is 0. The SMILES string of the molecule is O=C(c1c(F)cccc1Cl)N1CCC(c2nc(C(=O)N3CCCc4ccccc43)cs2)CC1. The normalized spacial score (nSPS) is 16.5. The second-order valence-corrected chi connectivity index (χ2v) is 9.72. The van der Waals surface area contributed by atoms with Crippen molar-refractivity contribution < 1.29 is 14.0 Å². The number of amides is 2. The van der Waals surface area contributed by atoms with Gasteiger partial charge >= 0.3 is 0 Å². The van der Waals surface area contributed by atoms with Gasteiger partial charge in [-0.2, -0.15) is 0 Å². The number of aryl methyl sites for hydroxylation is 1. The van der Waals surface area contributed by atoms with E-state index in [4.69, 9.17) is 11.6 Å². The number of anilines is 1. The molecule has 0 bridgehead atoms. The summed E-state index contributed by atoms with van der Waals surface area (Å²) in [5.74, 6) is -0.871. The molecule has 3 aromatic rings. The van der Waals surface area contributed by atoms with Gasteiger partial charge in [-0.15, -0.1) is 11.3 Å². The number of nitrogens with zero attached hydrogens (tertiary/aromatic N) is 3. The lowest BCUT2D eigenvalue weighted by atomic mass is 9.97. The number of rotatable bonds is 3. The maximum absolute atomic E-state index is 14.1. The number of fused-ring (bicyclic) bond motifs is 1. The molecule has 33 heavy (non-hydrogen) atoms. The molecule has 0 N–H and O–H groups in total. The van der Waals surface area contributed by atoms with Crippen LogP contribution >= 0.6 is 22.9 Å². The first-order chi connectivity index (χ1) is 16.0. The van der Waals surface area contributed by atoms with E-state index >= 15 is 0 Å². The van der Waals surface area contributed by atoms with Crippen LogP contribution in [0.2, 0.25) is 5.02 Å². The molecule has 3 heterocycles. The third-order valence-corrected chi connectivity index (χ3v) is 7.73. The van der Waals surface area contributed by atoms with Crippen LogP contribution < -0.4 is 4.90 Å². The Bertz CT molecular complexity index is 1190. The molecule has 2 aromatic carbocycles. The van der Waals surface area contributed by atoms with Crippen LogP contribution in [0.1, 0.15) is 56.6 Å². The first-order valence-electron chi connectivity index (χ1n) is 11.1. The van der Waals surface area contributed by atoms with Gasteiger partial charge in [0.25, 0.3) is 11.8 Å². The maximum Gasteiger partial charge on any atom is 0.277 e. The summed E-state index contributed by atoms with van der Waals surface area (Å²) in [6.45, 7) is 1.69. The highest BCUT2D eigenvalue weighted by Crippen LogP contribution is 2.33. The second kappa shape index (κ2) is 9.23. The lowest BCUT2D eigenvalue weighted by Crippen LogP contribution is -2.38. The predicted molar refractivity (Wildman–Crippen MR) is 128 cm³/mol. The molecule has 5 rings (SSSR count). The number of thiazole rings is 1. The third kappa shape index (κ3) is 4.27. The minimum atomic E-state index is -0.600. The maximum atomic E-state index is 14.1. The Balaban J connectivity index is 1.26. The van der Waals surface area contributed by atoms with Gasteiger partial charge in [0.05, 0.1) is 15.6 Å². The number of piperidine rings is 1. The van der Waals surface area contributed by atoms with E-state index in [-0.39, 0.29) is 28.3 Å². The van der Waals surface area contributed by atoms with Crippen LogP contribution in [0.3, 0.4) is 0 Å². The van der Waals surface area contributed by atoms with Gasteiger partial charge in [0.2, 0.25) is 0 Å². The van der Waals surface area contributed by atoms with Gasteiger partial charge in [-0.25, -0.2) is 9.37 Å². The molecule has 2 aliphatic rings. The highest BCUT2D eigenvalue weighted by atomic mass is 35.5. The smallest absolute Gasteiger partial charge is 0.277 e. The van der Waals surface area contributed by atoms with Gasteiger partial charge < -0.3 is 9.80 Å². The van der Waals surface area contributed by atoms with Crippen molar-refractivity contribution in [3.8, 4) is 0 Å². The molecule has 170 valence electrons. The van der Waals surface area contributed by atoms with Crippen molar-refractivity contribution >= 4 is 40.4 Å². The predicted octanol–water partition coefficient (Wildman–Crippen LogP) is 5.55. The molecule has 2 amide bonds. The van der Waals surface area contributed by atoms with Gasteiger partial charge in [-0.3, -0.25) is 9.59 Å². The zero-order valence-corrected chi connectivity index (χ0v) is 19.5. The van der Waals surface area contributed by atoms with Gasteiger partial charge in [-0.1, -0.05) is 35.9 Å². The van der Waals surface area contributed by atoms with Crippen LogP contribution in [0.5, 0.6) is 0 Å². The van der Waals surface area contributed by atoms with Crippen LogP contribution in [0, 0.1) is 5.82 Å². The number of aromatic nitrogens is 1. The van der Waals surface area contributed by atoms with Gasteiger partial charge in [-0.05, 0) is 49.4 Å². The molecule has 0 saturated carbocycles. The molecule has 5 nitrogen and oxygen atoms in total. The Labute approximate surface area is 200 Å². The topological polar surface area (TPSA) is 53.5 Å². The summed E-state index contributed by atoms with van der Waals surface area (Å²) < 4.78 is 14.1. The Hall–Kier alpha value is -2.77. The molecule has 1 saturated heterocycles. The summed E-state index contributed by atoms with van der Waals surface area (Å²) in [5.41, 5.74) is 2.58. The lowest BCUT2D eigenvalue weighted by Gasteiger charge is -2.31. The summed E-state index contributed by atoms with van der Waals surface area (Å²) >= 11 is 7.56. The summed E-state index contributed by atoms with van der Waals surface area (Å²) in [6.07, 6.45) is 3.35. The molecular weight excluding hydrogens is 461 g/mol. The number of likely N-dealkylation sites (tertiary alicyclic amines) is 1. The van der Waals surface area contributed by atoms with Crippen molar-refractivity contribution in [3.63, 3.8) is 0 Å². The minimum Gasteiger partial charge on any atom is -0.338 e. The van der Waals surface area contributed by atoms with E-state index in [1.54, 1.807) is 4.90 Å². The lowest BCUT2D eigenvalue weighted by molar-refractivity contribution is 0.0708. The molecular formula is C25H23ClFN3O2S. The fourth-order valence-electron chi connectivity index (χ4n) is 4.65. The average molecular weight is 484 g/mol. The fourth-order valence-corrected chi connectivity index (χ4v) is 5.85. The van der Waals surface area contributed by atoms with E-state index in [2.05, 4.69) is 11.1 Å². The first-order valence-corrected chi connectivity index (χ1v) is 12.4. The number of hydrogen-bond acceptors (Lipinski definition) is 4. The number of carbonyl (C=O) groups excluding carboxylic acids is 2. The van der Waals surface area contributed by atoms with E-state index in [1.165, 1.54) is 35.1 Å². The summed E-state index contributed by atoms with van der Waals surface area (Å²) in [5, 5.41) is 2.88. The Morgan fingerprint density at radius 3 is 2.61 bits per heavy atom. The van der Waals surface area contributed by atoms with E-state index in [9.17, 15) is 14.0 Å². The number of halogens is 2. The zero-order valence-electron chi connectivity index (χ0n) is 18.0. The number of hydrogen-bond donors (Lipinski definition) is 0. The third-order valence-electron chi connectivity index (χ3n) is 6.40. The van der Waals surface area contributed by atoms with Crippen molar-refractivity contribution in [1.82, 2.24) is 9.88 Å². The molecule has 2 aliphatic heterocycles. The van der Waals surface area contributed by atoms with E-state index in [0.717, 1.165) is 23.5 Å². The van der Waals surface area contributed by atoms with Crippen LogP contribution in [0.25, 0.3) is 0 Å². The van der Waals surface area contributed by atoms with Crippen LogP contribution in [0.15, 0.2) is 47.8 Å². The van der Waals surface area contributed by atoms with Crippen molar-refractivity contribution in [2.45, 2.75) is 31.6 Å². The molecule has 0 aliphatic carbocycles. The van der Waals surface area contributed by atoms with Crippen LogP contribution in [0.4, 0.5) is 10.1 Å². The number of para-hydroxylation sites is 1. The van der Waals surface area contributed by atoms with E-state index < -0.39 is 5.82 Å². The van der Waals surface area contributed by atoms with Crippen molar-refractivity contribution in [1.29, 1.82) is 0 Å². The summed E-state index contributed by atoms with van der Waals surface area (Å²) in [6, 6.07) is 12.3. The highest BCUT2D eigenvalue weighted by Gasteiger charge is 2.30. The monoisotopic (exact) mass is 483 g/mol. The molecule has 1 fully saturated rings. The molecule has 0 radical (unpaired) electrons. The van der Waals surface area contributed by atoms with Gasteiger partial charge in [0.1, 0.15) is 11.5 Å². The standard InChI is InChI=1S/C25H23ClFN3O2S/c26-18-7-3-8-19(27)22(18)25(32)29-13-10-17(11-14-29)23-28-20(15-33-23)24(31)30-12-4-6-16-5-1-2-9-21(16)30/h1-3,5,7-9,15,17H,4,6,10-14H2. The van der Waals surface area contributed by atoms with Crippen molar-refractivity contribution in [2.75, 3.05) is 24.5 Å². The van der Waals surface area contributed by atoms with Gasteiger partial charge in [0.15, 0.2) is 0 Å². The van der Waals surface area contributed by atoms with Gasteiger partial charge in [0, 0.05) is 36.6 Å². The quantitative estimate of drug-likeness (QED) is 0.491. The zero-order chi connectivity index (χ0) is 22.9. The second-order valence-electron chi connectivity index (χ2n) is 8.42. The first kappa shape index (κ1) is 22.0. The highest BCUT2D eigenvalue weighted by molar-refractivity contribution is 7.10. The number of benzene rings is 2. The Morgan fingerprint density at radius 1 is 1.03 bits per heavy atom. The van der Waals surface area contributed by atoms with E-state index in [1.807, 2.05) is 28.5 Å². The Kier molecular flexibility index (Phi) is 6.17. The molecule has 0 unspecified atom stereocenters. The largest absolute Gasteiger partial charge is 0.338 e. The van der Waals surface area contributed by atoms with Crippen molar-refractivity contribution in [2.24, 2.45) is 0 Å². The molecule has 0 spiro atoms. The minimum absolute atomic E-state index is 0.0635. The van der Waals surface area contributed by atoms with E-state index in [0.29, 0.717) is 38.2 Å². The molecule has 0 atom stereocenters. The molecule has 1 aromatic heterocycles. The van der Waals surface area contributed by atoms with Crippen LogP contribution in [-0.2, 0) is 6.42 Å². The molecule has 8 heteroatoms.